The van der Waals surface area contributed by atoms with Gasteiger partial charge in [-0.1, -0.05) is 0 Å². The van der Waals surface area contributed by atoms with Gasteiger partial charge >= 0.3 is 0 Å². The van der Waals surface area contributed by atoms with E-state index in [4.69, 9.17) is 10.2 Å². The maximum absolute atomic E-state index is 13.0. The predicted octanol–water partition coefficient (Wildman–Crippen LogP) is -0.0615. The van der Waals surface area contributed by atoms with Gasteiger partial charge in [-0.25, -0.2) is 17.2 Å². The largest absolute Gasteiger partial charge is 0.394 e. The van der Waals surface area contributed by atoms with Gasteiger partial charge in [0.15, 0.2) is 11.6 Å². The summed E-state index contributed by atoms with van der Waals surface area (Å²) in [7, 11) is -2.87. The fraction of sp³-hybridized carbons (Fsp3) is 0.400. The number of hydrogen-bond donors (Lipinski definition) is 2. The van der Waals surface area contributed by atoms with Gasteiger partial charge < -0.3 is 10.2 Å². The van der Waals surface area contributed by atoms with E-state index in [-0.39, 0.29) is 6.54 Å². The zero-order valence-corrected chi connectivity index (χ0v) is 10.4. The molecule has 2 N–H and O–H groups in total. The van der Waals surface area contributed by atoms with E-state index < -0.39 is 39.3 Å². The monoisotopic (exact) mass is 281 g/mol. The van der Waals surface area contributed by atoms with Crippen LogP contribution in [-0.2, 0) is 10.0 Å². The Morgan fingerprint density at radius 1 is 1.33 bits per heavy atom. The molecule has 0 heterocycles. The van der Waals surface area contributed by atoms with Gasteiger partial charge in [0, 0.05) is 13.6 Å². The van der Waals surface area contributed by atoms with Crippen molar-refractivity contribution in [2.24, 2.45) is 0 Å². The van der Waals surface area contributed by atoms with Crippen LogP contribution in [0.2, 0.25) is 0 Å². The topological polar surface area (TPSA) is 77.8 Å². The lowest BCUT2D eigenvalue weighted by Crippen LogP contribution is -2.35. The molecular weight excluding hydrogens is 268 g/mol. The van der Waals surface area contributed by atoms with E-state index in [1.165, 1.54) is 0 Å². The average Bonchev–Trinajstić information content (AvgIpc) is 2.32. The first-order valence-electron chi connectivity index (χ1n) is 4.99. The first kappa shape index (κ1) is 15.0. The second-order valence-electron chi connectivity index (χ2n) is 3.70. The van der Waals surface area contributed by atoms with Gasteiger partial charge in [0.25, 0.3) is 0 Å². The molecule has 0 radical (unpaired) electrons. The van der Waals surface area contributed by atoms with Gasteiger partial charge in [-0.3, -0.25) is 0 Å². The number of aliphatic hydroxyl groups excluding tert-OH is 2. The normalized spacial score (nSPS) is 13.9. The summed E-state index contributed by atoms with van der Waals surface area (Å²) in [5.74, 6) is -2.42. The molecule has 0 fully saturated rings. The van der Waals surface area contributed by atoms with Crippen LogP contribution in [-0.4, -0.2) is 49.2 Å². The molecule has 0 saturated carbocycles. The van der Waals surface area contributed by atoms with Crippen LogP contribution in [0.4, 0.5) is 8.78 Å². The summed E-state index contributed by atoms with van der Waals surface area (Å²) < 4.78 is 50.2. The molecular formula is C10H13F2NO4S. The van der Waals surface area contributed by atoms with E-state index in [0.717, 1.165) is 17.4 Å². The van der Waals surface area contributed by atoms with E-state index >= 15 is 0 Å². The molecule has 0 spiro atoms. The van der Waals surface area contributed by atoms with Crippen LogP contribution in [0.25, 0.3) is 0 Å². The predicted molar refractivity (Wildman–Crippen MR) is 59.3 cm³/mol. The number of halogens is 2. The Kier molecular flexibility index (Phi) is 4.74. The van der Waals surface area contributed by atoms with Gasteiger partial charge in [-0.15, -0.1) is 0 Å². The summed E-state index contributed by atoms with van der Waals surface area (Å²) in [4.78, 5) is -0.422. The van der Waals surface area contributed by atoms with Crippen LogP contribution in [0.1, 0.15) is 0 Å². The number of likely N-dealkylation sites (N-methyl/N-ethyl adjacent to an activating group) is 1. The first-order valence-corrected chi connectivity index (χ1v) is 6.43. The number of aliphatic hydroxyl groups is 2. The van der Waals surface area contributed by atoms with E-state index in [9.17, 15) is 17.2 Å². The molecule has 102 valence electrons. The maximum Gasteiger partial charge on any atom is 0.243 e. The lowest BCUT2D eigenvalue weighted by molar-refractivity contribution is 0.0826. The van der Waals surface area contributed by atoms with Crippen LogP contribution < -0.4 is 0 Å². The minimum Gasteiger partial charge on any atom is -0.394 e. The molecule has 1 aromatic rings. The Labute approximate surface area is 103 Å². The second kappa shape index (κ2) is 5.70. The van der Waals surface area contributed by atoms with E-state index in [2.05, 4.69) is 0 Å². The van der Waals surface area contributed by atoms with Crippen molar-refractivity contribution in [1.82, 2.24) is 4.31 Å². The third kappa shape index (κ3) is 3.22. The zero-order chi connectivity index (χ0) is 13.9. The number of rotatable bonds is 5. The molecule has 0 aliphatic heterocycles. The summed E-state index contributed by atoms with van der Waals surface area (Å²) in [6, 6.07) is 2.20. The lowest BCUT2D eigenvalue weighted by Gasteiger charge is -2.19. The minimum atomic E-state index is -4.03. The molecule has 18 heavy (non-hydrogen) atoms. The molecule has 0 aromatic heterocycles. The van der Waals surface area contributed by atoms with E-state index in [1.807, 2.05) is 0 Å². The molecule has 0 aliphatic carbocycles. The van der Waals surface area contributed by atoms with Crippen LogP contribution in [0.15, 0.2) is 23.1 Å². The average molecular weight is 281 g/mol. The molecule has 0 saturated heterocycles. The Bertz CT molecular complexity index is 521. The SMILES string of the molecule is CN(CC(O)CO)S(=O)(=O)c1ccc(F)c(F)c1. The standard InChI is InChI=1S/C10H13F2NO4S/c1-13(5-7(15)6-14)18(16,17)8-2-3-9(11)10(12)4-8/h2-4,7,14-15H,5-6H2,1H3. The quantitative estimate of drug-likeness (QED) is 0.792. The molecule has 8 heteroatoms. The van der Waals surface area contributed by atoms with Gasteiger partial charge in [0.1, 0.15) is 0 Å². The summed E-state index contributed by atoms with van der Waals surface area (Å²) >= 11 is 0. The molecule has 5 nitrogen and oxygen atoms in total. The Morgan fingerprint density at radius 2 is 1.94 bits per heavy atom. The third-order valence-corrected chi connectivity index (χ3v) is 4.10. The highest BCUT2D eigenvalue weighted by Gasteiger charge is 2.23. The Morgan fingerprint density at radius 3 is 2.44 bits per heavy atom. The van der Waals surface area contributed by atoms with Crippen molar-refractivity contribution in [3.05, 3.63) is 29.8 Å². The van der Waals surface area contributed by atoms with E-state index in [0.29, 0.717) is 12.1 Å². The van der Waals surface area contributed by atoms with Gasteiger partial charge in [-0.05, 0) is 18.2 Å². The zero-order valence-electron chi connectivity index (χ0n) is 9.55. The maximum atomic E-state index is 13.0. The summed E-state index contributed by atoms with van der Waals surface area (Å²) in [6.07, 6.45) is -1.24. The lowest BCUT2D eigenvalue weighted by atomic mass is 10.3. The van der Waals surface area contributed by atoms with Gasteiger partial charge in [-0.2, -0.15) is 4.31 Å². The summed E-state index contributed by atoms with van der Waals surface area (Å²) in [5.41, 5.74) is 0. The minimum absolute atomic E-state index is 0.349. The molecule has 0 amide bonds. The van der Waals surface area contributed by atoms with Crippen molar-refractivity contribution in [1.29, 1.82) is 0 Å². The third-order valence-electron chi connectivity index (χ3n) is 2.28. The highest BCUT2D eigenvalue weighted by atomic mass is 32.2. The molecule has 0 aliphatic rings. The van der Waals surface area contributed by atoms with Crippen molar-refractivity contribution in [2.45, 2.75) is 11.0 Å². The fourth-order valence-corrected chi connectivity index (χ4v) is 2.49. The molecule has 1 rings (SSSR count). The van der Waals surface area contributed by atoms with Crippen molar-refractivity contribution in [3.8, 4) is 0 Å². The van der Waals surface area contributed by atoms with Crippen LogP contribution >= 0.6 is 0 Å². The number of sulfonamides is 1. The summed E-state index contributed by atoms with van der Waals surface area (Å²) in [5, 5.41) is 17.8. The molecule has 1 atom stereocenters. The van der Waals surface area contributed by atoms with Crippen molar-refractivity contribution in [2.75, 3.05) is 20.2 Å². The molecule has 0 bridgehead atoms. The second-order valence-corrected chi connectivity index (χ2v) is 5.74. The van der Waals surface area contributed by atoms with Gasteiger partial charge in [0.05, 0.1) is 17.6 Å². The van der Waals surface area contributed by atoms with Crippen molar-refractivity contribution >= 4 is 10.0 Å². The van der Waals surface area contributed by atoms with Crippen LogP contribution in [0, 0.1) is 11.6 Å². The first-order chi connectivity index (χ1) is 8.28. The van der Waals surface area contributed by atoms with Crippen molar-refractivity contribution < 1.29 is 27.4 Å². The van der Waals surface area contributed by atoms with E-state index in [1.54, 1.807) is 0 Å². The summed E-state index contributed by atoms with van der Waals surface area (Å²) in [6.45, 7) is -0.949. The number of nitrogens with zero attached hydrogens (tertiary/aromatic N) is 1. The fourth-order valence-electron chi connectivity index (χ4n) is 1.27. The Balaban J connectivity index is 3.02. The van der Waals surface area contributed by atoms with Crippen LogP contribution in [0.3, 0.4) is 0 Å². The molecule has 1 unspecified atom stereocenters. The van der Waals surface area contributed by atoms with Crippen LogP contribution in [0.5, 0.6) is 0 Å². The number of benzene rings is 1. The Hall–Kier alpha value is -1.09. The van der Waals surface area contributed by atoms with Gasteiger partial charge in [0.2, 0.25) is 10.0 Å². The molecule has 1 aromatic carbocycles. The smallest absolute Gasteiger partial charge is 0.243 e. The highest BCUT2D eigenvalue weighted by Crippen LogP contribution is 2.17. The number of hydrogen-bond acceptors (Lipinski definition) is 4. The van der Waals surface area contributed by atoms with Crippen molar-refractivity contribution in [3.63, 3.8) is 0 Å². The highest BCUT2D eigenvalue weighted by molar-refractivity contribution is 7.89.